The van der Waals surface area contributed by atoms with Gasteiger partial charge < -0.3 is 9.73 Å². The van der Waals surface area contributed by atoms with E-state index in [4.69, 9.17) is 4.42 Å². The van der Waals surface area contributed by atoms with E-state index in [1.165, 1.54) is 10.4 Å². The van der Waals surface area contributed by atoms with E-state index < -0.39 is 0 Å². The number of benzene rings is 1. The second kappa shape index (κ2) is 5.64. The number of nitrogens with one attached hydrogen (secondary N) is 1. The van der Waals surface area contributed by atoms with Gasteiger partial charge in [-0.25, -0.2) is 0 Å². The number of halogens is 2. The van der Waals surface area contributed by atoms with Gasteiger partial charge in [0.05, 0.1) is 3.79 Å². The summed E-state index contributed by atoms with van der Waals surface area (Å²) >= 11 is 8.78. The molecule has 1 atom stereocenters. The zero-order chi connectivity index (χ0) is 14.3. The summed E-state index contributed by atoms with van der Waals surface area (Å²) in [4.78, 5) is 1.21. The summed E-state index contributed by atoms with van der Waals surface area (Å²) in [5, 5.41) is 4.47. The number of aryl methyl sites for hydroxylation is 1. The fourth-order valence-electron chi connectivity index (χ4n) is 2.26. The van der Waals surface area contributed by atoms with Crippen molar-refractivity contribution in [2.45, 2.75) is 13.0 Å². The predicted octanol–water partition coefficient (Wildman–Crippen LogP) is 5.64. The summed E-state index contributed by atoms with van der Waals surface area (Å²) in [6.07, 6.45) is 0. The van der Waals surface area contributed by atoms with Gasteiger partial charge in [0.15, 0.2) is 0 Å². The molecular formula is C15H13Br2NOS. The molecule has 0 amide bonds. The first-order chi connectivity index (χ1) is 9.58. The highest BCUT2D eigenvalue weighted by molar-refractivity contribution is 9.13. The topological polar surface area (TPSA) is 25.2 Å². The lowest BCUT2D eigenvalue weighted by molar-refractivity contribution is 0.495. The highest BCUT2D eigenvalue weighted by Gasteiger charge is 2.20. The van der Waals surface area contributed by atoms with E-state index in [1.54, 1.807) is 11.3 Å². The molecule has 0 aliphatic carbocycles. The van der Waals surface area contributed by atoms with Gasteiger partial charge in [-0.2, -0.15) is 0 Å². The fourth-order valence-corrected chi connectivity index (χ4v) is 4.46. The van der Waals surface area contributed by atoms with Crippen LogP contribution in [0.15, 0.2) is 43.0 Å². The van der Waals surface area contributed by atoms with Crippen LogP contribution in [0.5, 0.6) is 0 Å². The van der Waals surface area contributed by atoms with Crippen molar-refractivity contribution in [2.24, 2.45) is 0 Å². The Hall–Kier alpha value is -0.620. The number of furan rings is 1. The van der Waals surface area contributed by atoms with Crippen molar-refractivity contribution in [1.82, 2.24) is 5.32 Å². The summed E-state index contributed by atoms with van der Waals surface area (Å²) < 4.78 is 8.16. The second-order valence-corrected chi connectivity index (χ2v) is 7.94. The maximum Gasteiger partial charge on any atom is 0.134 e. The SMILES string of the molecule is CNC(c1cc2cc(C)ccc2o1)c1cc(Br)c(Br)s1. The van der Waals surface area contributed by atoms with Crippen LogP contribution in [0.3, 0.4) is 0 Å². The Morgan fingerprint density at radius 2 is 2.00 bits per heavy atom. The summed E-state index contributed by atoms with van der Waals surface area (Å²) in [6, 6.07) is 10.5. The van der Waals surface area contributed by atoms with Gasteiger partial charge in [0.2, 0.25) is 0 Å². The van der Waals surface area contributed by atoms with Crippen LogP contribution in [0.2, 0.25) is 0 Å². The highest BCUT2D eigenvalue weighted by atomic mass is 79.9. The van der Waals surface area contributed by atoms with Crippen molar-refractivity contribution >= 4 is 54.2 Å². The van der Waals surface area contributed by atoms with Gasteiger partial charge in [0.1, 0.15) is 17.4 Å². The van der Waals surface area contributed by atoms with Crippen LogP contribution in [-0.2, 0) is 0 Å². The van der Waals surface area contributed by atoms with Crippen molar-refractivity contribution in [3.63, 3.8) is 0 Å². The van der Waals surface area contributed by atoms with Gasteiger partial charge in [-0.05, 0) is 70.1 Å². The molecule has 20 heavy (non-hydrogen) atoms. The molecule has 0 saturated carbocycles. The van der Waals surface area contributed by atoms with Gasteiger partial charge in [0, 0.05) is 14.7 Å². The van der Waals surface area contributed by atoms with Crippen LogP contribution in [0.1, 0.15) is 22.2 Å². The Labute approximate surface area is 138 Å². The average molecular weight is 415 g/mol. The molecule has 0 saturated heterocycles. The van der Waals surface area contributed by atoms with Crippen LogP contribution >= 0.6 is 43.2 Å². The van der Waals surface area contributed by atoms with E-state index in [-0.39, 0.29) is 6.04 Å². The minimum atomic E-state index is 0.0651. The molecule has 3 aromatic rings. The molecular weight excluding hydrogens is 402 g/mol. The lowest BCUT2D eigenvalue weighted by atomic mass is 10.1. The first-order valence-electron chi connectivity index (χ1n) is 6.20. The van der Waals surface area contributed by atoms with Crippen molar-refractivity contribution in [1.29, 1.82) is 0 Å². The molecule has 0 radical (unpaired) electrons. The van der Waals surface area contributed by atoms with Crippen LogP contribution in [0.4, 0.5) is 0 Å². The molecule has 0 bridgehead atoms. The van der Waals surface area contributed by atoms with Gasteiger partial charge in [-0.3, -0.25) is 0 Å². The largest absolute Gasteiger partial charge is 0.459 e. The molecule has 0 aliphatic heterocycles. The molecule has 0 aliphatic rings. The number of thiophene rings is 1. The minimum absolute atomic E-state index is 0.0651. The molecule has 0 spiro atoms. The molecule has 2 heterocycles. The lowest BCUT2D eigenvalue weighted by Crippen LogP contribution is -2.15. The first-order valence-corrected chi connectivity index (χ1v) is 8.61. The zero-order valence-electron chi connectivity index (χ0n) is 11.0. The maximum absolute atomic E-state index is 5.99. The van der Waals surface area contributed by atoms with Gasteiger partial charge in [-0.15, -0.1) is 11.3 Å². The fraction of sp³-hybridized carbons (Fsp3) is 0.200. The number of hydrogen-bond donors (Lipinski definition) is 1. The van der Waals surface area contributed by atoms with Gasteiger partial charge >= 0.3 is 0 Å². The summed E-state index contributed by atoms with van der Waals surface area (Å²) in [6.45, 7) is 2.09. The molecule has 5 heteroatoms. The summed E-state index contributed by atoms with van der Waals surface area (Å²) in [7, 11) is 1.95. The predicted molar refractivity (Wildman–Crippen MR) is 91.6 cm³/mol. The number of hydrogen-bond acceptors (Lipinski definition) is 3. The van der Waals surface area contributed by atoms with Crippen molar-refractivity contribution in [3.8, 4) is 0 Å². The second-order valence-electron chi connectivity index (χ2n) is 4.68. The molecule has 104 valence electrons. The van der Waals surface area contributed by atoms with E-state index >= 15 is 0 Å². The lowest BCUT2D eigenvalue weighted by Gasteiger charge is -2.10. The maximum atomic E-state index is 5.99. The van der Waals surface area contributed by atoms with E-state index in [9.17, 15) is 0 Å². The molecule has 2 aromatic heterocycles. The van der Waals surface area contributed by atoms with Crippen LogP contribution in [0, 0.1) is 6.92 Å². The van der Waals surface area contributed by atoms with Gasteiger partial charge in [0.25, 0.3) is 0 Å². The molecule has 1 unspecified atom stereocenters. The molecule has 2 nitrogen and oxygen atoms in total. The van der Waals surface area contributed by atoms with Crippen LogP contribution in [-0.4, -0.2) is 7.05 Å². The smallest absolute Gasteiger partial charge is 0.134 e. The molecule has 0 fully saturated rings. The Kier molecular flexibility index (Phi) is 4.04. The van der Waals surface area contributed by atoms with Crippen LogP contribution < -0.4 is 5.32 Å². The Morgan fingerprint density at radius 3 is 2.65 bits per heavy atom. The third kappa shape index (κ3) is 2.60. The monoisotopic (exact) mass is 413 g/mol. The van der Waals surface area contributed by atoms with Crippen LogP contribution in [0.25, 0.3) is 11.0 Å². The minimum Gasteiger partial charge on any atom is -0.459 e. The Bertz CT molecular complexity index is 743. The third-order valence-electron chi connectivity index (χ3n) is 3.21. The molecule has 1 aromatic carbocycles. The molecule has 1 N–H and O–H groups in total. The molecule has 3 rings (SSSR count). The summed E-state index contributed by atoms with van der Waals surface area (Å²) in [5.74, 6) is 0.939. The number of rotatable bonds is 3. The van der Waals surface area contributed by atoms with E-state index in [1.807, 2.05) is 13.1 Å². The average Bonchev–Trinajstić information content (AvgIpc) is 2.95. The third-order valence-corrected chi connectivity index (χ3v) is 6.53. The van der Waals surface area contributed by atoms with E-state index in [0.717, 1.165) is 25.0 Å². The first kappa shape index (κ1) is 14.3. The summed E-state index contributed by atoms with van der Waals surface area (Å²) in [5.41, 5.74) is 2.17. The normalized spacial score (nSPS) is 13.0. The van der Waals surface area contributed by atoms with Crippen molar-refractivity contribution < 1.29 is 4.42 Å². The van der Waals surface area contributed by atoms with E-state index in [0.29, 0.717) is 0 Å². The van der Waals surface area contributed by atoms with Gasteiger partial charge in [-0.1, -0.05) is 11.6 Å². The standard InChI is InChI=1S/C15H13Br2NOS/c1-8-3-4-11-9(5-8)6-12(19-11)14(18-2)13-7-10(16)15(17)20-13/h3-7,14,18H,1-2H3. The number of fused-ring (bicyclic) bond motifs is 1. The Balaban J connectivity index is 2.06. The quantitative estimate of drug-likeness (QED) is 0.600. The zero-order valence-corrected chi connectivity index (χ0v) is 15.0. The highest BCUT2D eigenvalue weighted by Crippen LogP contribution is 2.38. The Morgan fingerprint density at radius 1 is 1.20 bits per heavy atom. The van der Waals surface area contributed by atoms with Crippen molar-refractivity contribution in [3.05, 3.63) is 54.8 Å². The van der Waals surface area contributed by atoms with Crippen molar-refractivity contribution in [2.75, 3.05) is 7.05 Å². The van der Waals surface area contributed by atoms with E-state index in [2.05, 4.69) is 68.4 Å².